The standard InChI is InChI=1S/C7H15N.3BF4/c1-8-6-4-2-3-5-7-8;3*2-1(3,4)5/h2-7H2,1H3;;;/q;3*-1. The molecule has 0 bridgehead atoms. The Bertz CT molecular complexity index is 210. The van der Waals surface area contributed by atoms with E-state index in [-0.39, 0.29) is 0 Å². The summed E-state index contributed by atoms with van der Waals surface area (Å²) in [4.78, 5) is 2.42. The summed E-state index contributed by atoms with van der Waals surface area (Å²) in [6, 6.07) is 0. The monoisotopic (exact) mass is 374 g/mol. The zero-order chi connectivity index (χ0) is 19.3. The van der Waals surface area contributed by atoms with Crippen LogP contribution < -0.4 is 0 Å². The highest BCUT2D eigenvalue weighted by Crippen LogP contribution is 2.08. The van der Waals surface area contributed by atoms with Crippen molar-refractivity contribution in [3.8, 4) is 0 Å². The molecule has 0 radical (unpaired) electrons. The van der Waals surface area contributed by atoms with Crippen LogP contribution in [0.1, 0.15) is 25.7 Å². The van der Waals surface area contributed by atoms with E-state index in [2.05, 4.69) is 11.9 Å². The molecule has 1 fully saturated rings. The smallest absolute Gasteiger partial charge is 0.418 e. The first-order chi connectivity index (χ1) is 9.89. The molecule has 1 heterocycles. The second-order valence-corrected chi connectivity index (χ2v) is 4.20. The van der Waals surface area contributed by atoms with Crippen LogP contribution in [0.5, 0.6) is 0 Å². The van der Waals surface area contributed by atoms with Gasteiger partial charge < -0.3 is 56.7 Å². The minimum absolute atomic E-state index is 1.32. The number of hydrogen-bond donors (Lipinski definition) is 0. The van der Waals surface area contributed by atoms with Gasteiger partial charge in [0.25, 0.3) is 0 Å². The molecule has 1 rings (SSSR count). The van der Waals surface area contributed by atoms with Crippen LogP contribution >= 0.6 is 0 Å². The Balaban J connectivity index is -0.000000240. The second kappa shape index (κ2) is 12.7. The van der Waals surface area contributed by atoms with E-state index < -0.39 is 21.8 Å². The molecule has 1 nitrogen and oxygen atoms in total. The summed E-state index contributed by atoms with van der Waals surface area (Å²) in [5, 5.41) is 0. The van der Waals surface area contributed by atoms with Crippen LogP contribution in [0.15, 0.2) is 0 Å². The molecule has 0 unspecified atom stereocenters. The van der Waals surface area contributed by atoms with Gasteiger partial charge >= 0.3 is 21.8 Å². The van der Waals surface area contributed by atoms with Crippen molar-refractivity contribution in [3.63, 3.8) is 0 Å². The van der Waals surface area contributed by atoms with Gasteiger partial charge in [0.2, 0.25) is 0 Å². The van der Waals surface area contributed by atoms with E-state index in [0.29, 0.717) is 0 Å². The SMILES string of the molecule is CN1CCCCCC1.F[B-](F)(F)F.F[B-](F)(F)F.F[B-](F)(F)F. The molecule has 0 aromatic rings. The maximum atomic E-state index is 9.75. The van der Waals surface area contributed by atoms with Gasteiger partial charge in [-0.1, -0.05) is 12.8 Å². The van der Waals surface area contributed by atoms with E-state index in [4.69, 9.17) is 0 Å². The van der Waals surface area contributed by atoms with Gasteiger partial charge in [-0.2, -0.15) is 0 Å². The van der Waals surface area contributed by atoms with Gasteiger partial charge in [-0.15, -0.1) is 0 Å². The maximum absolute atomic E-state index is 9.75. The van der Waals surface area contributed by atoms with Crippen LogP contribution in [0.4, 0.5) is 51.8 Å². The molecule has 0 N–H and O–H groups in total. The lowest BCUT2D eigenvalue weighted by atomic mass is 10.2. The van der Waals surface area contributed by atoms with E-state index in [1.54, 1.807) is 0 Å². The highest BCUT2D eigenvalue weighted by Gasteiger charge is 2.21. The summed E-state index contributed by atoms with van der Waals surface area (Å²) >= 11 is 0. The fourth-order valence-electron chi connectivity index (χ4n) is 1.23. The van der Waals surface area contributed by atoms with Crippen LogP contribution in [0, 0.1) is 0 Å². The van der Waals surface area contributed by atoms with Crippen molar-refractivity contribution in [2.24, 2.45) is 0 Å². The normalized spacial score (nSPS) is 16.6. The third-order valence-electron chi connectivity index (χ3n) is 1.83. The molecule has 0 atom stereocenters. The molecule has 0 aliphatic carbocycles. The topological polar surface area (TPSA) is 3.24 Å². The van der Waals surface area contributed by atoms with Gasteiger partial charge in [-0.25, -0.2) is 0 Å². The number of halogens is 12. The Morgan fingerprint density at radius 3 is 0.826 bits per heavy atom. The molecular formula is C7H15B3F12N-3. The van der Waals surface area contributed by atoms with Gasteiger partial charge in [0.1, 0.15) is 0 Å². The molecule has 0 amide bonds. The average Bonchev–Trinajstić information content (AvgIpc) is 2.37. The lowest BCUT2D eigenvalue weighted by Crippen LogP contribution is -2.18. The third kappa shape index (κ3) is 115. The molecule has 1 aliphatic rings. The van der Waals surface area contributed by atoms with Crippen molar-refractivity contribution in [3.05, 3.63) is 0 Å². The van der Waals surface area contributed by atoms with Gasteiger partial charge in [0, 0.05) is 0 Å². The zero-order valence-electron chi connectivity index (χ0n) is 12.0. The number of nitrogens with zero attached hydrogens (tertiary/aromatic N) is 1. The fraction of sp³-hybridized carbons (Fsp3) is 1.00. The van der Waals surface area contributed by atoms with Crippen molar-refractivity contribution in [2.75, 3.05) is 20.1 Å². The van der Waals surface area contributed by atoms with Crippen molar-refractivity contribution in [2.45, 2.75) is 25.7 Å². The molecule has 0 aromatic carbocycles. The van der Waals surface area contributed by atoms with Crippen LogP contribution in [0.25, 0.3) is 0 Å². The summed E-state index contributed by atoms with van der Waals surface area (Å²) in [6.07, 6.45) is 5.72. The predicted molar refractivity (Wildman–Crippen MR) is 66.5 cm³/mol. The Hall–Kier alpha value is -0.685. The Morgan fingerprint density at radius 2 is 0.652 bits per heavy atom. The third-order valence-corrected chi connectivity index (χ3v) is 1.83. The van der Waals surface area contributed by atoms with E-state index in [9.17, 15) is 51.8 Å². The first-order valence-electron chi connectivity index (χ1n) is 6.20. The summed E-state index contributed by atoms with van der Waals surface area (Å²) in [5.41, 5.74) is 0. The van der Waals surface area contributed by atoms with Crippen molar-refractivity contribution in [1.82, 2.24) is 4.90 Å². The number of hydrogen-bond acceptors (Lipinski definition) is 1. The first-order valence-corrected chi connectivity index (χ1v) is 6.20. The quantitative estimate of drug-likeness (QED) is 0.406. The first kappa shape index (κ1) is 27.2. The molecule has 1 saturated heterocycles. The molecule has 16 heteroatoms. The van der Waals surface area contributed by atoms with Crippen LogP contribution in [0.3, 0.4) is 0 Å². The van der Waals surface area contributed by atoms with Crippen molar-refractivity contribution in [1.29, 1.82) is 0 Å². The van der Waals surface area contributed by atoms with Gasteiger partial charge in [-0.05, 0) is 33.0 Å². The lowest BCUT2D eigenvalue weighted by Gasteiger charge is -2.10. The Labute approximate surface area is 125 Å². The Kier molecular flexibility index (Phi) is 15.0. The largest absolute Gasteiger partial charge is 0.673 e. The maximum Gasteiger partial charge on any atom is 0.673 e. The minimum Gasteiger partial charge on any atom is -0.418 e. The van der Waals surface area contributed by atoms with E-state index in [0.717, 1.165) is 0 Å². The van der Waals surface area contributed by atoms with E-state index in [1.165, 1.54) is 38.8 Å². The van der Waals surface area contributed by atoms with Gasteiger partial charge in [0.05, 0.1) is 0 Å². The highest BCUT2D eigenvalue weighted by molar-refractivity contribution is 6.50. The Morgan fingerprint density at radius 1 is 0.478 bits per heavy atom. The molecule has 1 aliphatic heterocycles. The van der Waals surface area contributed by atoms with Gasteiger partial charge in [0.15, 0.2) is 0 Å². The minimum atomic E-state index is -6.00. The van der Waals surface area contributed by atoms with Crippen molar-refractivity contribution < 1.29 is 51.8 Å². The second-order valence-electron chi connectivity index (χ2n) is 4.20. The summed E-state index contributed by atoms with van der Waals surface area (Å²) in [6.45, 7) is 2.64. The van der Waals surface area contributed by atoms with Gasteiger partial charge in [-0.3, -0.25) is 0 Å². The van der Waals surface area contributed by atoms with Crippen LogP contribution in [0.2, 0.25) is 0 Å². The summed E-state index contributed by atoms with van der Waals surface area (Å²) < 4.78 is 117. The van der Waals surface area contributed by atoms with Crippen LogP contribution in [-0.4, -0.2) is 46.8 Å². The van der Waals surface area contributed by atoms with Crippen molar-refractivity contribution >= 4 is 21.8 Å². The summed E-state index contributed by atoms with van der Waals surface area (Å²) in [5.74, 6) is 0. The fourth-order valence-corrected chi connectivity index (χ4v) is 1.23. The lowest BCUT2D eigenvalue weighted by molar-refractivity contribution is 0.349. The highest BCUT2D eigenvalue weighted by atomic mass is 19.5. The zero-order valence-corrected chi connectivity index (χ0v) is 12.0. The molecule has 0 spiro atoms. The predicted octanol–water partition coefficient (Wildman–Crippen LogP) is 5.39. The number of rotatable bonds is 0. The molecule has 0 aromatic heterocycles. The average molecular weight is 374 g/mol. The molecule has 23 heavy (non-hydrogen) atoms. The van der Waals surface area contributed by atoms with E-state index >= 15 is 0 Å². The molecule has 0 saturated carbocycles. The molecular weight excluding hydrogens is 358 g/mol. The number of likely N-dealkylation sites (tertiary alicyclic amines) is 1. The summed E-state index contributed by atoms with van der Waals surface area (Å²) in [7, 11) is -15.8. The van der Waals surface area contributed by atoms with E-state index in [1.807, 2.05) is 0 Å². The molecule has 144 valence electrons. The van der Waals surface area contributed by atoms with Crippen LogP contribution in [-0.2, 0) is 0 Å².